The van der Waals surface area contributed by atoms with Gasteiger partial charge in [-0.3, -0.25) is 10.1 Å². The van der Waals surface area contributed by atoms with Crippen LogP contribution in [0.3, 0.4) is 0 Å². The van der Waals surface area contributed by atoms with Gasteiger partial charge in [0.15, 0.2) is 5.13 Å². The van der Waals surface area contributed by atoms with Crippen LogP contribution in [-0.2, 0) is 4.79 Å². The number of benzene rings is 3. The van der Waals surface area contributed by atoms with E-state index in [2.05, 4.69) is 10.3 Å². The summed E-state index contributed by atoms with van der Waals surface area (Å²) in [5, 5.41) is 4.37. The fraction of sp³-hybridized carbons (Fsp3) is 0.111. The second kappa shape index (κ2) is 9.03. The van der Waals surface area contributed by atoms with Gasteiger partial charge in [0, 0.05) is 28.7 Å². The monoisotopic (exact) mass is 470 g/mol. The van der Waals surface area contributed by atoms with Gasteiger partial charge in [0.05, 0.1) is 30.7 Å². The quantitative estimate of drug-likeness (QED) is 0.277. The minimum atomic E-state index is -0.249. The molecular weight excluding hydrogens is 448 g/mol. The minimum Gasteiger partial charge on any atom is -0.497 e. The molecule has 0 atom stereocenters. The third kappa shape index (κ3) is 4.13. The molecule has 5 rings (SSSR count). The third-order valence-corrected chi connectivity index (χ3v) is 6.54. The summed E-state index contributed by atoms with van der Waals surface area (Å²) in [7, 11) is 3.25. The molecule has 0 saturated carbocycles. The molecule has 0 unspecified atom stereocenters. The van der Waals surface area contributed by atoms with Gasteiger partial charge in [-0.25, -0.2) is 4.98 Å². The molecule has 1 amide bonds. The third-order valence-electron chi connectivity index (χ3n) is 5.59. The van der Waals surface area contributed by atoms with Crippen molar-refractivity contribution in [1.82, 2.24) is 4.98 Å². The van der Waals surface area contributed by atoms with Crippen LogP contribution in [0.25, 0.3) is 37.9 Å². The van der Waals surface area contributed by atoms with Crippen molar-refractivity contribution in [2.75, 3.05) is 19.5 Å². The smallest absolute Gasteiger partial charge is 0.250 e. The van der Waals surface area contributed by atoms with Crippen LogP contribution >= 0.6 is 11.3 Å². The number of carbonyl (C=O) groups is 1. The van der Waals surface area contributed by atoms with Crippen molar-refractivity contribution in [2.45, 2.75) is 6.92 Å². The molecule has 34 heavy (non-hydrogen) atoms. The van der Waals surface area contributed by atoms with E-state index in [0.29, 0.717) is 16.5 Å². The summed E-state index contributed by atoms with van der Waals surface area (Å²) >= 11 is 1.44. The lowest BCUT2D eigenvalue weighted by Gasteiger charge is -2.10. The first-order valence-corrected chi connectivity index (χ1v) is 11.5. The molecule has 2 heterocycles. The van der Waals surface area contributed by atoms with E-state index in [0.717, 1.165) is 43.6 Å². The average molecular weight is 471 g/mol. The maximum atomic E-state index is 12.7. The second-order valence-electron chi connectivity index (χ2n) is 7.73. The highest BCUT2D eigenvalue weighted by Crippen LogP contribution is 2.38. The molecule has 0 aliphatic rings. The number of anilines is 1. The number of hydrogen-bond donors (Lipinski definition) is 1. The number of amides is 1. The van der Waals surface area contributed by atoms with E-state index in [4.69, 9.17) is 13.9 Å². The van der Waals surface area contributed by atoms with Gasteiger partial charge >= 0.3 is 0 Å². The van der Waals surface area contributed by atoms with Gasteiger partial charge in [-0.15, -0.1) is 0 Å². The lowest BCUT2D eigenvalue weighted by Crippen LogP contribution is -2.08. The predicted octanol–water partition coefficient (Wildman–Crippen LogP) is 6.77. The number of methoxy groups -OCH3 is 2. The number of aromatic nitrogens is 1. The lowest BCUT2D eigenvalue weighted by molar-refractivity contribution is -0.111. The fourth-order valence-corrected chi connectivity index (χ4v) is 4.74. The van der Waals surface area contributed by atoms with Crippen LogP contribution < -0.4 is 14.8 Å². The van der Waals surface area contributed by atoms with E-state index >= 15 is 0 Å². The highest BCUT2D eigenvalue weighted by atomic mass is 32.1. The number of allylic oxidation sites excluding steroid dienone is 1. The van der Waals surface area contributed by atoms with E-state index in [1.807, 2.05) is 67.6 Å². The first-order chi connectivity index (χ1) is 16.6. The molecule has 7 heteroatoms. The summed E-state index contributed by atoms with van der Waals surface area (Å²) < 4.78 is 17.7. The standard InChI is InChI=1S/C27H22N2O4S/c1-16(12-26(30)29-27-28-22-6-4-5-7-25(22)34-27)19-13-20-21(15-33-24(20)14-23(19)32-3)17-8-10-18(31-2)11-9-17/h4-15H,1-3H3,(H,28,29,30)/b16-12+. The molecule has 0 aliphatic carbocycles. The van der Waals surface area contributed by atoms with Gasteiger partial charge in [0.2, 0.25) is 5.91 Å². The van der Waals surface area contributed by atoms with Gasteiger partial charge in [-0.2, -0.15) is 0 Å². The van der Waals surface area contributed by atoms with Gasteiger partial charge in [-0.1, -0.05) is 35.6 Å². The van der Waals surface area contributed by atoms with Gasteiger partial charge < -0.3 is 13.9 Å². The molecule has 0 fully saturated rings. The van der Waals surface area contributed by atoms with Crippen LogP contribution in [-0.4, -0.2) is 25.1 Å². The van der Waals surface area contributed by atoms with Crippen molar-refractivity contribution in [3.63, 3.8) is 0 Å². The molecule has 6 nitrogen and oxygen atoms in total. The van der Waals surface area contributed by atoms with E-state index in [-0.39, 0.29) is 5.91 Å². The number of carbonyl (C=O) groups excluding carboxylic acids is 1. The Labute approximate surface area is 200 Å². The van der Waals surface area contributed by atoms with Gasteiger partial charge in [-0.05, 0) is 48.4 Å². The van der Waals surface area contributed by atoms with Crippen molar-refractivity contribution < 1.29 is 18.7 Å². The van der Waals surface area contributed by atoms with E-state index in [9.17, 15) is 4.79 Å². The molecule has 1 N–H and O–H groups in total. The Morgan fingerprint density at radius 3 is 2.59 bits per heavy atom. The topological polar surface area (TPSA) is 73.6 Å². The summed E-state index contributed by atoms with van der Waals surface area (Å²) in [6, 6.07) is 19.4. The zero-order valence-electron chi connectivity index (χ0n) is 18.9. The number of furan rings is 1. The van der Waals surface area contributed by atoms with Gasteiger partial charge in [0.25, 0.3) is 0 Å². The van der Waals surface area contributed by atoms with Crippen LogP contribution in [0, 0.1) is 0 Å². The molecule has 0 aliphatic heterocycles. The molecule has 0 saturated heterocycles. The van der Waals surface area contributed by atoms with Crippen LogP contribution in [0.2, 0.25) is 0 Å². The Morgan fingerprint density at radius 1 is 1.06 bits per heavy atom. The lowest BCUT2D eigenvalue weighted by atomic mass is 9.99. The van der Waals surface area contributed by atoms with Gasteiger partial charge in [0.1, 0.15) is 17.1 Å². The number of nitrogens with zero attached hydrogens (tertiary/aromatic N) is 1. The highest BCUT2D eigenvalue weighted by Gasteiger charge is 2.15. The molecule has 0 radical (unpaired) electrons. The number of thiazole rings is 1. The largest absolute Gasteiger partial charge is 0.497 e. The van der Waals surface area contributed by atoms with Crippen LogP contribution in [0.1, 0.15) is 12.5 Å². The number of ether oxygens (including phenoxy) is 2. The minimum absolute atomic E-state index is 0.249. The zero-order chi connectivity index (χ0) is 23.7. The Bertz CT molecular complexity index is 1500. The summed E-state index contributed by atoms with van der Waals surface area (Å²) in [5.74, 6) is 1.17. The average Bonchev–Trinajstić information content (AvgIpc) is 3.46. The van der Waals surface area contributed by atoms with Crippen LogP contribution in [0.5, 0.6) is 11.5 Å². The SMILES string of the molecule is COc1ccc(-c2coc3cc(OC)c(/C(C)=C/C(=O)Nc4nc5ccccc5s4)cc23)cc1. The molecular formula is C27H22N2O4S. The number of rotatable bonds is 6. The van der Waals surface area contributed by atoms with E-state index in [1.165, 1.54) is 11.3 Å². The maximum Gasteiger partial charge on any atom is 0.250 e. The van der Waals surface area contributed by atoms with Crippen molar-refractivity contribution >= 4 is 49.1 Å². The van der Waals surface area contributed by atoms with E-state index in [1.54, 1.807) is 26.6 Å². The number of nitrogens with one attached hydrogen (secondary N) is 1. The van der Waals surface area contributed by atoms with Crippen LogP contribution in [0.15, 0.2) is 77.4 Å². The van der Waals surface area contributed by atoms with Crippen molar-refractivity contribution in [1.29, 1.82) is 0 Å². The molecule has 5 aromatic rings. The summed E-state index contributed by atoms with van der Waals surface area (Å²) in [5.41, 5.74) is 5.10. The summed E-state index contributed by atoms with van der Waals surface area (Å²) in [6.07, 6.45) is 3.29. The highest BCUT2D eigenvalue weighted by molar-refractivity contribution is 7.22. The first-order valence-electron chi connectivity index (χ1n) is 10.6. The molecule has 0 spiro atoms. The molecule has 170 valence electrons. The Balaban J connectivity index is 1.48. The molecule has 0 bridgehead atoms. The van der Waals surface area contributed by atoms with Crippen molar-refractivity contribution in [3.8, 4) is 22.6 Å². The Morgan fingerprint density at radius 2 is 1.85 bits per heavy atom. The summed E-state index contributed by atoms with van der Waals surface area (Å²) in [6.45, 7) is 1.88. The normalized spacial score (nSPS) is 11.7. The second-order valence-corrected chi connectivity index (χ2v) is 8.76. The number of para-hydroxylation sites is 1. The van der Waals surface area contributed by atoms with Crippen molar-refractivity contribution in [3.05, 3.63) is 78.6 Å². The zero-order valence-corrected chi connectivity index (χ0v) is 19.7. The fourth-order valence-electron chi connectivity index (χ4n) is 3.87. The van der Waals surface area contributed by atoms with E-state index < -0.39 is 0 Å². The number of hydrogen-bond acceptors (Lipinski definition) is 6. The van der Waals surface area contributed by atoms with Crippen molar-refractivity contribution in [2.24, 2.45) is 0 Å². The van der Waals surface area contributed by atoms with Crippen LogP contribution in [0.4, 0.5) is 5.13 Å². The first kappa shape index (κ1) is 21.7. The molecule has 2 aromatic heterocycles. The number of fused-ring (bicyclic) bond motifs is 2. The molecule has 3 aromatic carbocycles. The Hall–Kier alpha value is -4.10. The predicted molar refractivity (Wildman–Crippen MR) is 137 cm³/mol. The maximum absolute atomic E-state index is 12.7. The Kier molecular flexibility index (Phi) is 5.77. The summed E-state index contributed by atoms with van der Waals surface area (Å²) in [4.78, 5) is 17.2.